The Morgan fingerprint density at radius 1 is 0.875 bits per heavy atom. The largest absolute Gasteiger partial charge is 0.380 e. The molecule has 3 aromatic carbocycles. The third-order valence-corrected chi connectivity index (χ3v) is 9.00. The van der Waals surface area contributed by atoms with E-state index in [4.69, 9.17) is 23.7 Å². The molecule has 258 valence electrons. The van der Waals surface area contributed by atoms with Gasteiger partial charge in [-0.1, -0.05) is 97.1 Å². The molecule has 2 fully saturated rings. The molecule has 3 aromatic rings. The molecule has 0 unspecified atom stereocenters. The van der Waals surface area contributed by atoms with Crippen molar-refractivity contribution in [3.8, 4) is 0 Å². The molecule has 2 saturated heterocycles. The van der Waals surface area contributed by atoms with Gasteiger partial charge in [0, 0.05) is 32.7 Å². The molecule has 0 aliphatic carbocycles. The number of aliphatic hydroxyl groups excluding tert-OH is 1. The number of aliphatic hydroxyl groups is 1. The molecule has 0 spiro atoms. The SMILES string of the molecule is C=CCN1CCN(C(=O)[C@H](O)[C@@H](OCc2ccccc2)[C@H](OCc2ccccc2)[C@]2(COCc3ccccc3)OC(C)(C)O[C@@H]2C)CC1. The van der Waals surface area contributed by atoms with Gasteiger partial charge in [0.15, 0.2) is 11.9 Å². The highest BCUT2D eigenvalue weighted by Crippen LogP contribution is 2.43. The summed E-state index contributed by atoms with van der Waals surface area (Å²) >= 11 is 0. The van der Waals surface area contributed by atoms with Gasteiger partial charge in [-0.05, 0) is 37.5 Å². The maximum atomic E-state index is 14.1. The number of carbonyl (C=O) groups excluding carboxylic acids is 1. The minimum absolute atomic E-state index is 0.0677. The minimum atomic E-state index is -1.55. The van der Waals surface area contributed by atoms with Crippen molar-refractivity contribution in [3.63, 3.8) is 0 Å². The summed E-state index contributed by atoms with van der Waals surface area (Å²) < 4.78 is 32.9. The Morgan fingerprint density at radius 2 is 1.40 bits per heavy atom. The summed E-state index contributed by atoms with van der Waals surface area (Å²) in [5, 5.41) is 12.1. The summed E-state index contributed by atoms with van der Waals surface area (Å²) in [6, 6.07) is 29.4. The van der Waals surface area contributed by atoms with Crippen LogP contribution in [0.1, 0.15) is 37.5 Å². The van der Waals surface area contributed by atoms with Crippen LogP contribution in [0.3, 0.4) is 0 Å². The molecular weight excluding hydrogens is 608 g/mol. The number of carbonyl (C=O) groups is 1. The van der Waals surface area contributed by atoms with Gasteiger partial charge in [-0.3, -0.25) is 9.69 Å². The summed E-state index contributed by atoms with van der Waals surface area (Å²) in [6.07, 6.45) is -2.34. The first-order valence-electron chi connectivity index (χ1n) is 16.8. The van der Waals surface area contributed by atoms with Gasteiger partial charge in [0.25, 0.3) is 5.91 Å². The van der Waals surface area contributed by atoms with E-state index in [1.165, 1.54) is 0 Å². The minimum Gasteiger partial charge on any atom is -0.380 e. The average Bonchev–Trinajstić information content (AvgIpc) is 3.34. The molecule has 2 heterocycles. The molecule has 5 atom stereocenters. The second kappa shape index (κ2) is 16.8. The predicted molar refractivity (Wildman–Crippen MR) is 184 cm³/mol. The van der Waals surface area contributed by atoms with Crippen molar-refractivity contribution < 1.29 is 33.6 Å². The van der Waals surface area contributed by atoms with Crippen LogP contribution >= 0.6 is 0 Å². The number of ether oxygens (including phenoxy) is 5. The zero-order valence-electron chi connectivity index (χ0n) is 28.4. The van der Waals surface area contributed by atoms with Crippen LogP contribution in [-0.4, -0.2) is 95.9 Å². The van der Waals surface area contributed by atoms with Crippen LogP contribution in [-0.2, 0) is 48.3 Å². The number of hydrogen-bond donors (Lipinski definition) is 1. The number of benzene rings is 3. The number of hydrogen-bond acceptors (Lipinski definition) is 8. The van der Waals surface area contributed by atoms with E-state index in [1.807, 2.05) is 118 Å². The van der Waals surface area contributed by atoms with Crippen molar-refractivity contribution in [1.29, 1.82) is 0 Å². The number of nitrogens with zero attached hydrogens (tertiary/aromatic N) is 2. The van der Waals surface area contributed by atoms with Crippen LogP contribution in [0.5, 0.6) is 0 Å². The van der Waals surface area contributed by atoms with Crippen molar-refractivity contribution in [2.24, 2.45) is 0 Å². The van der Waals surface area contributed by atoms with Gasteiger partial charge in [-0.15, -0.1) is 6.58 Å². The first-order valence-corrected chi connectivity index (χ1v) is 16.8. The molecule has 1 amide bonds. The lowest BCUT2D eigenvalue weighted by molar-refractivity contribution is -0.246. The van der Waals surface area contributed by atoms with E-state index in [2.05, 4.69) is 11.5 Å². The van der Waals surface area contributed by atoms with Crippen LogP contribution in [0.4, 0.5) is 0 Å². The highest BCUT2D eigenvalue weighted by molar-refractivity contribution is 5.81. The van der Waals surface area contributed by atoms with Crippen LogP contribution in [0.25, 0.3) is 0 Å². The Hall–Kier alpha value is -3.41. The second-order valence-electron chi connectivity index (χ2n) is 13.0. The van der Waals surface area contributed by atoms with Gasteiger partial charge in [-0.25, -0.2) is 0 Å². The van der Waals surface area contributed by atoms with E-state index in [-0.39, 0.29) is 19.8 Å². The Labute approximate surface area is 285 Å². The van der Waals surface area contributed by atoms with E-state index < -0.39 is 41.7 Å². The third-order valence-electron chi connectivity index (χ3n) is 9.00. The zero-order chi connectivity index (χ0) is 34.0. The normalized spacial score (nSPS) is 23.0. The van der Waals surface area contributed by atoms with E-state index in [9.17, 15) is 9.90 Å². The van der Waals surface area contributed by atoms with E-state index in [0.717, 1.165) is 23.2 Å². The molecule has 0 radical (unpaired) electrons. The van der Waals surface area contributed by atoms with Gasteiger partial charge in [0.1, 0.15) is 17.8 Å². The lowest BCUT2D eigenvalue weighted by atomic mass is 9.85. The average molecular weight is 659 g/mol. The van der Waals surface area contributed by atoms with Crippen molar-refractivity contribution in [1.82, 2.24) is 9.80 Å². The van der Waals surface area contributed by atoms with E-state index >= 15 is 0 Å². The first-order chi connectivity index (χ1) is 23.2. The molecule has 9 nitrogen and oxygen atoms in total. The topological polar surface area (TPSA) is 89.9 Å². The molecule has 0 aromatic heterocycles. The molecule has 0 saturated carbocycles. The Balaban J connectivity index is 1.50. The zero-order valence-corrected chi connectivity index (χ0v) is 28.4. The van der Waals surface area contributed by atoms with Crippen molar-refractivity contribution in [2.75, 3.05) is 39.3 Å². The highest BCUT2D eigenvalue weighted by Gasteiger charge is 2.60. The molecule has 48 heavy (non-hydrogen) atoms. The third kappa shape index (κ3) is 9.18. The van der Waals surface area contributed by atoms with Gasteiger partial charge < -0.3 is 33.7 Å². The fourth-order valence-corrected chi connectivity index (χ4v) is 6.56. The monoisotopic (exact) mass is 658 g/mol. The Morgan fingerprint density at radius 3 is 1.90 bits per heavy atom. The highest BCUT2D eigenvalue weighted by atomic mass is 16.8. The van der Waals surface area contributed by atoms with Crippen LogP contribution < -0.4 is 0 Å². The number of rotatable bonds is 16. The van der Waals surface area contributed by atoms with Crippen molar-refractivity contribution in [2.45, 2.75) is 76.4 Å². The van der Waals surface area contributed by atoms with E-state index in [0.29, 0.717) is 32.8 Å². The smallest absolute Gasteiger partial charge is 0.254 e. The van der Waals surface area contributed by atoms with Crippen LogP contribution in [0.15, 0.2) is 104 Å². The Bertz CT molecular complexity index is 1420. The summed E-state index contributed by atoms with van der Waals surface area (Å²) in [6.45, 7) is 13.3. The van der Waals surface area contributed by atoms with Gasteiger partial charge in [0.05, 0.1) is 32.5 Å². The maximum absolute atomic E-state index is 14.1. The summed E-state index contributed by atoms with van der Waals surface area (Å²) in [5.41, 5.74) is 1.57. The van der Waals surface area contributed by atoms with Gasteiger partial charge >= 0.3 is 0 Å². The van der Waals surface area contributed by atoms with Crippen LogP contribution in [0.2, 0.25) is 0 Å². The fourth-order valence-electron chi connectivity index (χ4n) is 6.56. The molecular formula is C39H50N2O7. The maximum Gasteiger partial charge on any atom is 0.254 e. The first kappa shape index (κ1) is 35.9. The molecule has 2 aliphatic rings. The molecule has 1 N–H and O–H groups in total. The standard InChI is InChI=1S/C39H50N2O7/c1-5-21-40-22-24-41(25-23-40)37(43)34(42)35(45-27-32-17-11-7-12-18-32)36(46-28-33-19-13-8-14-20-33)39(30(2)47-38(3,4)48-39)29-44-26-31-15-9-6-10-16-31/h5-20,30,34-36,42H,1,21-29H2,2-4H3/t30-,34-,35-,36+,39-/m1/s1. The summed E-state index contributed by atoms with van der Waals surface area (Å²) in [7, 11) is 0. The summed E-state index contributed by atoms with van der Waals surface area (Å²) in [5.74, 6) is -1.41. The summed E-state index contributed by atoms with van der Waals surface area (Å²) in [4.78, 5) is 18.1. The van der Waals surface area contributed by atoms with Gasteiger partial charge in [0.2, 0.25) is 0 Å². The van der Waals surface area contributed by atoms with E-state index in [1.54, 1.807) is 4.90 Å². The number of amides is 1. The molecule has 9 heteroatoms. The van der Waals surface area contributed by atoms with Crippen molar-refractivity contribution in [3.05, 3.63) is 120 Å². The lowest BCUT2D eigenvalue weighted by Crippen LogP contribution is -2.64. The molecule has 0 bridgehead atoms. The van der Waals surface area contributed by atoms with Crippen LogP contribution in [0, 0.1) is 0 Å². The predicted octanol–water partition coefficient (Wildman–Crippen LogP) is 4.98. The van der Waals surface area contributed by atoms with Gasteiger partial charge in [-0.2, -0.15) is 0 Å². The fraction of sp³-hybridized carbons (Fsp3) is 0.462. The quantitative estimate of drug-likeness (QED) is 0.216. The lowest BCUT2D eigenvalue weighted by Gasteiger charge is -2.44. The molecule has 2 aliphatic heterocycles. The number of piperazine rings is 1. The Kier molecular flexibility index (Phi) is 12.6. The van der Waals surface area contributed by atoms with Crippen molar-refractivity contribution >= 4 is 5.91 Å². The second-order valence-corrected chi connectivity index (χ2v) is 13.0. The molecule has 5 rings (SSSR count).